The van der Waals surface area contributed by atoms with E-state index in [2.05, 4.69) is 43.8 Å². The summed E-state index contributed by atoms with van der Waals surface area (Å²) in [6.07, 6.45) is 0.0409. The number of amides is 1. The van der Waals surface area contributed by atoms with Gasteiger partial charge in [-0.15, -0.1) is 0 Å². The Morgan fingerprint density at radius 2 is 1.71 bits per heavy atom. The fourth-order valence-corrected chi connectivity index (χ4v) is 4.28. The third-order valence-corrected chi connectivity index (χ3v) is 11.3. The SMILES string of the molecule is CCOC(=O)c1nc(C(CCC(C)(CO[Si](C)(C)C(C)(C)C)OC)N(C)C(=O)OC(C)(C)C)[nH]c(=O)c1O. The van der Waals surface area contributed by atoms with Crippen LogP contribution in [-0.2, 0) is 18.6 Å². The highest BCUT2D eigenvalue weighted by Crippen LogP contribution is 2.38. The van der Waals surface area contributed by atoms with E-state index >= 15 is 0 Å². The molecule has 0 aliphatic heterocycles. The van der Waals surface area contributed by atoms with Gasteiger partial charge in [0, 0.05) is 14.2 Å². The van der Waals surface area contributed by atoms with Gasteiger partial charge in [-0.2, -0.15) is 0 Å². The summed E-state index contributed by atoms with van der Waals surface area (Å²) in [5, 5.41) is 10.2. The molecule has 0 saturated carbocycles. The minimum absolute atomic E-state index is 0.00739. The fraction of sp³-hybridized carbons (Fsp3) is 0.769. The number of nitrogens with one attached hydrogen (secondary N) is 1. The van der Waals surface area contributed by atoms with Gasteiger partial charge in [0.1, 0.15) is 11.4 Å². The molecule has 1 rings (SSSR count). The summed E-state index contributed by atoms with van der Waals surface area (Å²) >= 11 is 0. The van der Waals surface area contributed by atoms with E-state index in [4.69, 9.17) is 18.6 Å². The second kappa shape index (κ2) is 12.6. The molecule has 0 radical (unpaired) electrons. The number of ether oxygens (including phenoxy) is 3. The van der Waals surface area contributed by atoms with Crippen molar-refractivity contribution >= 4 is 20.4 Å². The third kappa shape index (κ3) is 9.09. The minimum Gasteiger partial charge on any atom is -0.501 e. The summed E-state index contributed by atoms with van der Waals surface area (Å²) in [6.45, 7) is 19.9. The molecule has 0 aromatic carbocycles. The van der Waals surface area contributed by atoms with Crippen LogP contribution in [0.3, 0.4) is 0 Å². The third-order valence-electron chi connectivity index (χ3n) is 6.83. The van der Waals surface area contributed by atoms with E-state index in [0.717, 1.165) is 0 Å². The number of carbonyl (C=O) groups excluding carboxylic acids is 2. The predicted molar refractivity (Wildman–Crippen MR) is 147 cm³/mol. The van der Waals surface area contributed by atoms with Crippen molar-refractivity contribution in [1.82, 2.24) is 14.9 Å². The Hall–Kier alpha value is -2.44. The van der Waals surface area contributed by atoms with E-state index in [9.17, 15) is 19.5 Å². The number of methoxy groups -OCH3 is 1. The lowest BCUT2D eigenvalue weighted by atomic mass is 9.96. The van der Waals surface area contributed by atoms with E-state index in [0.29, 0.717) is 13.0 Å². The van der Waals surface area contributed by atoms with Crippen molar-refractivity contribution in [2.24, 2.45) is 0 Å². The van der Waals surface area contributed by atoms with Gasteiger partial charge in [0.2, 0.25) is 5.75 Å². The van der Waals surface area contributed by atoms with E-state index in [-0.39, 0.29) is 23.9 Å². The standard InChI is InChI=1S/C26H47N3O8Si/c1-13-35-22(32)18-19(30)21(31)28-20(27-18)17(29(9)23(33)37-24(2,3)4)14-15-26(8,34-10)16-36-38(11,12)25(5,6)7/h17,30H,13-16H2,1-12H3,(H,27,28,31). The van der Waals surface area contributed by atoms with Crippen LogP contribution in [0.4, 0.5) is 4.79 Å². The average Bonchev–Trinajstić information content (AvgIpc) is 2.78. The quantitative estimate of drug-likeness (QED) is 0.291. The van der Waals surface area contributed by atoms with Crippen molar-refractivity contribution in [3.63, 3.8) is 0 Å². The first-order chi connectivity index (χ1) is 17.2. The second-order valence-electron chi connectivity index (χ2n) is 12.2. The van der Waals surface area contributed by atoms with Gasteiger partial charge in [-0.3, -0.25) is 4.79 Å². The Bertz CT molecular complexity index is 1030. The molecule has 1 amide bonds. The number of aromatic nitrogens is 2. The largest absolute Gasteiger partial charge is 0.501 e. The Balaban J connectivity index is 3.42. The average molecular weight is 558 g/mol. The topological polar surface area (TPSA) is 140 Å². The van der Waals surface area contributed by atoms with E-state index in [1.165, 1.54) is 11.9 Å². The first-order valence-corrected chi connectivity index (χ1v) is 15.7. The Morgan fingerprint density at radius 3 is 2.18 bits per heavy atom. The predicted octanol–water partition coefficient (Wildman–Crippen LogP) is 4.77. The maximum Gasteiger partial charge on any atom is 0.410 e. The van der Waals surface area contributed by atoms with Crippen molar-refractivity contribution < 1.29 is 33.3 Å². The molecular formula is C26H47N3O8Si. The second-order valence-corrected chi connectivity index (χ2v) is 17.0. The number of H-pyrrole nitrogens is 1. The van der Waals surface area contributed by atoms with Crippen molar-refractivity contribution in [2.45, 2.75) is 104 Å². The molecule has 218 valence electrons. The zero-order valence-electron chi connectivity index (χ0n) is 25.1. The van der Waals surface area contributed by atoms with Crippen molar-refractivity contribution in [3.05, 3.63) is 21.9 Å². The van der Waals surface area contributed by atoms with Crippen LogP contribution in [0.5, 0.6) is 5.75 Å². The van der Waals surface area contributed by atoms with E-state index in [1.807, 2.05) is 6.92 Å². The van der Waals surface area contributed by atoms with Crippen LogP contribution in [0.2, 0.25) is 18.1 Å². The number of aromatic amines is 1. The van der Waals surface area contributed by atoms with Gasteiger partial charge in [-0.05, 0) is 65.6 Å². The molecular weight excluding hydrogens is 510 g/mol. The molecule has 0 bridgehead atoms. The van der Waals surface area contributed by atoms with Crippen LogP contribution in [-0.4, -0.2) is 78.9 Å². The van der Waals surface area contributed by atoms with Crippen LogP contribution >= 0.6 is 0 Å². The van der Waals surface area contributed by atoms with E-state index < -0.39 is 54.6 Å². The summed E-state index contributed by atoms with van der Waals surface area (Å²) < 4.78 is 22.7. The molecule has 1 aromatic heterocycles. The zero-order chi connectivity index (χ0) is 29.7. The first kappa shape index (κ1) is 33.6. The number of rotatable bonds is 11. The number of hydrogen-bond donors (Lipinski definition) is 2. The number of carbonyl (C=O) groups is 2. The van der Waals surface area contributed by atoms with Crippen LogP contribution in [0.1, 0.15) is 90.6 Å². The molecule has 2 unspecified atom stereocenters. The highest BCUT2D eigenvalue weighted by molar-refractivity contribution is 6.74. The van der Waals surface area contributed by atoms with Crippen LogP contribution in [0, 0.1) is 0 Å². The maximum atomic E-state index is 13.0. The lowest BCUT2D eigenvalue weighted by Gasteiger charge is -2.40. The molecule has 38 heavy (non-hydrogen) atoms. The summed E-state index contributed by atoms with van der Waals surface area (Å²) in [5.74, 6) is -1.79. The highest BCUT2D eigenvalue weighted by Gasteiger charge is 2.40. The first-order valence-electron chi connectivity index (χ1n) is 12.8. The summed E-state index contributed by atoms with van der Waals surface area (Å²) in [4.78, 5) is 45.9. The fourth-order valence-electron chi connectivity index (χ4n) is 3.18. The lowest BCUT2D eigenvalue weighted by Crippen LogP contribution is -2.46. The molecule has 0 saturated heterocycles. The number of hydrogen-bond acceptors (Lipinski definition) is 9. The number of esters is 1. The molecule has 2 atom stereocenters. The van der Waals surface area contributed by atoms with Gasteiger partial charge in [-0.1, -0.05) is 20.8 Å². The van der Waals surface area contributed by atoms with Gasteiger partial charge < -0.3 is 33.6 Å². The normalized spacial score (nSPS) is 14.9. The van der Waals surface area contributed by atoms with Gasteiger partial charge in [0.25, 0.3) is 5.56 Å². The van der Waals surface area contributed by atoms with Gasteiger partial charge in [-0.25, -0.2) is 14.6 Å². The monoisotopic (exact) mass is 557 g/mol. The minimum atomic E-state index is -2.06. The zero-order valence-corrected chi connectivity index (χ0v) is 26.1. The summed E-state index contributed by atoms with van der Waals surface area (Å²) in [5.41, 5.74) is -2.93. The van der Waals surface area contributed by atoms with Gasteiger partial charge in [0.15, 0.2) is 14.0 Å². The highest BCUT2D eigenvalue weighted by atomic mass is 28.4. The summed E-state index contributed by atoms with van der Waals surface area (Å²) in [7, 11) is 1.06. The number of nitrogens with zero attached hydrogens (tertiary/aromatic N) is 2. The lowest BCUT2D eigenvalue weighted by molar-refractivity contribution is -0.0454. The van der Waals surface area contributed by atoms with Crippen LogP contribution in [0.25, 0.3) is 0 Å². The Kier molecular flexibility index (Phi) is 11.1. The van der Waals surface area contributed by atoms with Crippen molar-refractivity contribution in [1.29, 1.82) is 0 Å². The molecule has 12 heteroatoms. The molecule has 1 aromatic rings. The number of aromatic hydroxyl groups is 1. The maximum absolute atomic E-state index is 13.0. The molecule has 0 spiro atoms. The van der Waals surface area contributed by atoms with E-state index in [1.54, 1.807) is 34.8 Å². The Morgan fingerprint density at radius 1 is 1.13 bits per heavy atom. The van der Waals surface area contributed by atoms with Crippen LogP contribution < -0.4 is 5.56 Å². The molecule has 11 nitrogen and oxygen atoms in total. The molecule has 1 heterocycles. The molecule has 2 N–H and O–H groups in total. The Labute approximate surface area is 227 Å². The molecule has 0 aliphatic rings. The summed E-state index contributed by atoms with van der Waals surface area (Å²) in [6, 6.07) is -0.825. The van der Waals surface area contributed by atoms with Gasteiger partial charge >= 0.3 is 12.1 Å². The molecule has 0 fully saturated rings. The molecule has 0 aliphatic carbocycles. The van der Waals surface area contributed by atoms with Crippen LogP contribution in [0.15, 0.2) is 4.79 Å². The van der Waals surface area contributed by atoms with Crippen molar-refractivity contribution in [3.8, 4) is 5.75 Å². The van der Waals surface area contributed by atoms with Crippen molar-refractivity contribution in [2.75, 3.05) is 27.4 Å². The smallest absolute Gasteiger partial charge is 0.410 e. The van der Waals surface area contributed by atoms with Gasteiger partial charge in [0.05, 0.1) is 24.9 Å².